The van der Waals surface area contributed by atoms with Crippen molar-refractivity contribution in [1.82, 2.24) is 14.5 Å². The minimum atomic E-state index is 0. The zero-order chi connectivity index (χ0) is 13.2. The van der Waals surface area contributed by atoms with Crippen molar-refractivity contribution in [3.63, 3.8) is 0 Å². The van der Waals surface area contributed by atoms with Crippen LogP contribution in [0.3, 0.4) is 0 Å². The van der Waals surface area contributed by atoms with E-state index in [2.05, 4.69) is 14.8 Å². The third-order valence-electron chi connectivity index (χ3n) is 4.37. The summed E-state index contributed by atoms with van der Waals surface area (Å²) in [5.74, 6) is 1.70. The van der Waals surface area contributed by atoms with E-state index in [-0.39, 0.29) is 12.4 Å². The molecule has 0 spiro atoms. The molecule has 0 bridgehead atoms. The normalized spacial score (nSPS) is 20.1. The standard InChI is InChI=1S/C14H22N4O.ClH/c1-16-7-6-15-14(16)18-10-8-17(9-11-18)13(19)12-4-2-3-5-12;/h6-7,12H,2-5,8-11H2,1H3;1H. The van der Waals surface area contributed by atoms with Crippen LogP contribution in [0.25, 0.3) is 0 Å². The van der Waals surface area contributed by atoms with Gasteiger partial charge < -0.3 is 14.4 Å². The minimum Gasteiger partial charge on any atom is -0.339 e. The molecule has 1 aliphatic heterocycles. The minimum absolute atomic E-state index is 0. The van der Waals surface area contributed by atoms with E-state index < -0.39 is 0 Å². The Hall–Kier alpha value is -1.23. The van der Waals surface area contributed by atoms with Crippen molar-refractivity contribution in [3.05, 3.63) is 12.4 Å². The first kappa shape index (κ1) is 15.2. The van der Waals surface area contributed by atoms with Gasteiger partial charge >= 0.3 is 0 Å². The summed E-state index contributed by atoms with van der Waals surface area (Å²) in [5.41, 5.74) is 0. The predicted molar refractivity (Wildman–Crippen MR) is 81.2 cm³/mol. The average Bonchev–Trinajstić information content (AvgIpc) is 3.09. The molecule has 5 nitrogen and oxygen atoms in total. The van der Waals surface area contributed by atoms with E-state index in [1.165, 1.54) is 12.8 Å². The van der Waals surface area contributed by atoms with Gasteiger partial charge in [-0.3, -0.25) is 4.79 Å². The van der Waals surface area contributed by atoms with Gasteiger partial charge in [0.2, 0.25) is 11.9 Å². The molecule has 2 aliphatic rings. The lowest BCUT2D eigenvalue weighted by Crippen LogP contribution is -2.50. The van der Waals surface area contributed by atoms with Crippen molar-refractivity contribution in [3.8, 4) is 0 Å². The molecule has 1 aromatic rings. The summed E-state index contributed by atoms with van der Waals surface area (Å²) in [4.78, 5) is 21.0. The monoisotopic (exact) mass is 298 g/mol. The number of carbonyl (C=O) groups excluding carboxylic acids is 1. The summed E-state index contributed by atoms with van der Waals surface area (Å²) in [7, 11) is 2.01. The van der Waals surface area contributed by atoms with Gasteiger partial charge in [-0.15, -0.1) is 12.4 Å². The summed E-state index contributed by atoms with van der Waals surface area (Å²) in [6.07, 6.45) is 8.43. The molecule has 6 heteroatoms. The lowest BCUT2D eigenvalue weighted by molar-refractivity contribution is -0.135. The van der Waals surface area contributed by atoms with Crippen LogP contribution in [0.15, 0.2) is 12.4 Å². The summed E-state index contributed by atoms with van der Waals surface area (Å²) in [6.45, 7) is 3.46. The number of imidazole rings is 1. The van der Waals surface area contributed by atoms with E-state index in [0.717, 1.165) is 45.0 Å². The van der Waals surface area contributed by atoms with Gasteiger partial charge in [0.05, 0.1) is 0 Å². The van der Waals surface area contributed by atoms with Gasteiger partial charge in [-0.2, -0.15) is 0 Å². The van der Waals surface area contributed by atoms with Gasteiger partial charge in [-0.05, 0) is 12.8 Å². The number of nitrogens with zero attached hydrogens (tertiary/aromatic N) is 4. The fourth-order valence-electron chi connectivity index (χ4n) is 3.22. The van der Waals surface area contributed by atoms with E-state index in [1.54, 1.807) is 0 Å². The van der Waals surface area contributed by atoms with Crippen LogP contribution in [0.4, 0.5) is 5.95 Å². The van der Waals surface area contributed by atoms with E-state index in [9.17, 15) is 4.79 Å². The van der Waals surface area contributed by atoms with Crippen molar-refractivity contribution in [2.24, 2.45) is 13.0 Å². The number of aromatic nitrogens is 2. The smallest absolute Gasteiger partial charge is 0.225 e. The number of halogens is 1. The maximum Gasteiger partial charge on any atom is 0.225 e. The Labute approximate surface area is 126 Å². The van der Waals surface area contributed by atoms with Crippen LogP contribution in [-0.2, 0) is 11.8 Å². The molecule has 0 atom stereocenters. The largest absolute Gasteiger partial charge is 0.339 e. The molecular weight excluding hydrogens is 276 g/mol. The molecule has 2 fully saturated rings. The highest BCUT2D eigenvalue weighted by Gasteiger charge is 2.29. The number of carbonyl (C=O) groups is 1. The van der Waals surface area contributed by atoms with Gasteiger partial charge in [0.25, 0.3) is 0 Å². The Morgan fingerprint density at radius 2 is 1.85 bits per heavy atom. The van der Waals surface area contributed by atoms with Crippen LogP contribution in [-0.4, -0.2) is 46.5 Å². The highest BCUT2D eigenvalue weighted by atomic mass is 35.5. The number of amides is 1. The lowest BCUT2D eigenvalue weighted by atomic mass is 10.1. The first-order valence-electron chi connectivity index (χ1n) is 7.27. The number of aryl methyl sites for hydroxylation is 1. The lowest BCUT2D eigenvalue weighted by Gasteiger charge is -2.36. The first-order valence-corrected chi connectivity index (χ1v) is 7.27. The predicted octanol–water partition coefficient (Wildman–Crippen LogP) is 1.68. The topological polar surface area (TPSA) is 41.4 Å². The SMILES string of the molecule is Cl.Cn1ccnc1N1CCN(C(=O)C2CCCC2)CC1. The van der Waals surface area contributed by atoms with Gasteiger partial charge in [0, 0.05) is 51.5 Å². The molecule has 1 saturated carbocycles. The van der Waals surface area contributed by atoms with Crippen molar-refractivity contribution in [2.75, 3.05) is 31.1 Å². The van der Waals surface area contributed by atoms with Gasteiger partial charge in [0.1, 0.15) is 0 Å². The second-order valence-corrected chi connectivity index (χ2v) is 5.63. The molecule has 1 saturated heterocycles. The molecule has 0 radical (unpaired) electrons. The number of anilines is 1. The Morgan fingerprint density at radius 1 is 1.20 bits per heavy atom. The summed E-state index contributed by atoms with van der Waals surface area (Å²) in [6, 6.07) is 0. The third kappa shape index (κ3) is 2.92. The summed E-state index contributed by atoms with van der Waals surface area (Å²) < 4.78 is 2.04. The van der Waals surface area contributed by atoms with Crippen LogP contribution in [0, 0.1) is 5.92 Å². The number of rotatable bonds is 2. The fourth-order valence-corrected chi connectivity index (χ4v) is 3.22. The molecule has 112 valence electrons. The molecule has 0 unspecified atom stereocenters. The van der Waals surface area contributed by atoms with Gasteiger partial charge in [0.15, 0.2) is 0 Å². The number of hydrogen-bond donors (Lipinski definition) is 0. The quantitative estimate of drug-likeness (QED) is 0.834. The average molecular weight is 299 g/mol. The highest BCUT2D eigenvalue weighted by molar-refractivity contribution is 5.85. The second kappa shape index (κ2) is 6.48. The van der Waals surface area contributed by atoms with Crippen LogP contribution in [0.1, 0.15) is 25.7 Å². The Kier molecular flexibility index (Phi) is 4.91. The molecule has 3 rings (SSSR count). The molecule has 2 heterocycles. The van der Waals surface area contributed by atoms with Gasteiger partial charge in [-0.1, -0.05) is 12.8 Å². The maximum atomic E-state index is 12.3. The summed E-state index contributed by atoms with van der Waals surface area (Å²) in [5, 5.41) is 0. The van der Waals surface area contributed by atoms with Gasteiger partial charge in [-0.25, -0.2) is 4.98 Å². The van der Waals surface area contributed by atoms with Crippen molar-refractivity contribution >= 4 is 24.3 Å². The van der Waals surface area contributed by atoms with Crippen LogP contribution in [0.5, 0.6) is 0 Å². The zero-order valence-corrected chi connectivity index (χ0v) is 12.8. The molecule has 20 heavy (non-hydrogen) atoms. The molecule has 0 N–H and O–H groups in total. The van der Waals surface area contributed by atoms with Crippen molar-refractivity contribution in [1.29, 1.82) is 0 Å². The van der Waals surface area contributed by atoms with Crippen molar-refractivity contribution in [2.45, 2.75) is 25.7 Å². The second-order valence-electron chi connectivity index (χ2n) is 5.63. The van der Waals surface area contributed by atoms with Crippen LogP contribution >= 0.6 is 12.4 Å². The first-order chi connectivity index (χ1) is 9.25. The molecule has 0 aromatic carbocycles. The van der Waals surface area contributed by atoms with E-state index in [0.29, 0.717) is 11.8 Å². The fraction of sp³-hybridized carbons (Fsp3) is 0.714. The number of hydrogen-bond acceptors (Lipinski definition) is 3. The Morgan fingerprint density at radius 3 is 2.40 bits per heavy atom. The molecule has 1 aromatic heterocycles. The highest BCUT2D eigenvalue weighted by Crippen LogP contribution is 2.27. The molecule has 1 amide bonds. The molecule has 1 aliphatic carbocycles. The van der Waals surface area contributed by atoms with E-state index in [1.807, 2.05) is 24.0 Å². The van der Waals surface area contributed by atoms with Crippen molar-refractivity contribution < 1.29 is 4.79 Å². The maximum absolute atomic E-state index is 12.3. The zero-order valence-electron chi connectivity index (χ0n) is 12.0. The van der Waals surface area contributed by atoms with E-state index >= 15 is 0 Å². The Bertz CT molecular complexity index is 448. The number of piperazine rings is 1. The van der Waals surface area contributed by atoms with Crippen LogP contribution < -0.4 is 4.90 Å². The third-order valence-corrected chi connectivity index (χ3v) is 4.37. The van der Waals surface area contributed by atoms with E-state index in [4.69, 9.17) is 0 Å². The van der Waals surface area contributed by atoms with Crippen LogP contribution in [0.2, 0.25) is 0 Å². The summed E-state index contributed by atoms with van der Waals surface area (Å²) >= 11 is 0. The Balaban J connectivity index is 0.00000147. The molecular formula is C14H23ClN4O.